The van der Waals surface area contributed by atoms with Gasteiger partial charge in [0.05, 0.1) is 6.61 Å². The molecule has 1 aromatic heterocycles. The van der Waals surface area contributed by atoms with Gasteiger partial charge in [0.15, 0.2) is 0 Å². The Morgan fingerprint density at radius 3 is 2.67 bits per heavy atom. The number of carbonyl (C=O) groups is 1. The molecule has 6 nitrogen and oxygen atoms in total. The number of H-pyrrole nitrogens is 1. The van der Waals surface area contributed by atoms with Gasteiger partial charge in [0.2, 0.25) is 0 Å². The third-order valence-corrected chi connectivity index (χ3v) is 4.62. The maximum atomic E-state index is 12.7. The second-order valence-electron chi connectivity index (χ2n) is 6.23. The van der Waals surface area contributed by atoms with E-state index in [0.717, 1.165) is 18.5 Å². The molecule has 2 aromatic rings. The van der Waals surface area contributed by atoms with Crippen LogP contribution < -0.4 is 5.56 Å². The van der Waals surface area contributed by atoms with Crippen molar-refractivity contribution in [1.29, 1.82) is 0 Å². The van der Waals surface area contributed by atoms with E-state index in [4.69, 9.17) is 4.74 Å². The van der Waals surface area contributed by atoms with Crippen LogP contribution in [0.5, 0.6) is 0 Å². The first-order chi connectivity index (χ1) is 11.6. The zero-order valence-electron chi connectivity index (χ0n) is 14.1. The molecule has 0 spiro atoms. The molecule has 1 N–H and O–H groups in total. The van der Waals surface area contributed by atoms with Crippen LogP contribution in [0.15, 0.2) is 35.1 Å². The number of rotatable bonds is 4. The van der Waals surface area contributed by atoms with Crippen molar-refractivity contribution in [2.45, 2.75) is 13.0 Å². The number of methoxy groups -OCH3 is 1. The molecule has 2 heterocycles. The van der Waals surface area contributed by atoms with E-state index in [9.17, 15) is 9.59 Å². The number of ether oxygens (including phenoxy) is 1. The Balaban J connectivity index is 1.73. The summed E-state index contributed by atoms with van der Waals surface area (Å²) in [5.41, 5.74) is 0.140. The number of benzene rings is 1. The number of aromatic nitrogens is 1. The highest BCUT2D eigenvalue weighted by Gasteiger charge is 2.25. The molecule has 1 aliphatic heterocycles. The van der Waals surface area contributed by atoms with Crippen molar-refractivity contribution in [1.82, 2.24) is 14.8 Å². The molecule has 1 atom stereocenters. The van der Waals surface area contributed by atoms with Crippen LogP contribution in [0, 0.1) is 0 Å². The number of hydrogen-bond acceptors (Lipinski definition) is 4. The molecule has 0 radical (unpaired) electrons. The molecular weight excluding hydrogens is 306 g/mol. The molecule has 1 amide bonds. The second kappa shape index (κ2) is 7.15. The Bertz CT molecular complexity index is 778. The smallest absolute Gasteiger partial charge is 0.270 e. The highest BCUT2D eigenvalue weighted by atomic mass is 16.5. The SMILES string of the molecule is COC[C@@H](C)N1CCN(C(=O)c2cc3ccccc3c(=O)[nH]2)CC1. The molecule has 1 fully saturated rings. The molecule has 24 heavy (non-hydrogen) atoms. The lowest BCUT2D eigenvalue weighted by Crippen LogP contribution is -2.52. The quantitative estimate of drug-likeness (QED) is 0.919. The molecule has 1 saturated heterocycles. The summed E-state index contributed by atoms with van der Waals surface area (Å²) in [4.78, 5) is 31.7. The summed E-state index contributed by atoms with van der Waals surface area (Å²) in [5, 5.41) is 1.39. The van der Waals surface area contributed by atoms with Gasteiger partial charge >= 0.3 is 0 Å². The molecule has 0 bridgehead atoms. The first-order valence-corrected chi connectivity index (χ1v) is 8.24. The number of carbonyl (C=O) groups excluding carboxylic acids is 1. The van der Waals surface area contributed by atoms with Crippen molar-refractivity contribution in [2.75, 3.05) is 39.9 Å². The normalized spacial score (nSPS) is 17.2. The lowest BCUT2D eigenvalue weighted by Gasteiger charge is -2.37. The number of piperazine rings is 1. The highest BCUT2D eigenvalue weighted by molar-refractivity contribution is 5.96. The predicted molar refractivity (Wildman–Crippen MR) is 93.4 cm³/mol. The van der Waals surface area contributed by atoms with Crippen molar-refractivity contribution in [3.8, 4) is 0 Å². The van der Waals surface area contributed by atoms with Gasteiger partial charge < -0.3 is 14.6 Å². The van der Waals surface area contributed by atoms with Crippen molar-refractivity contribution in [3.05, 3.63) is 46.4 Å². The molecule has 6 heteroatoms. The van der Waals surface area contributed by atoms with Crippen LogP contribution in [0.2, 0.25) is 0 Å². The Hall–Kier alpha value is -2.18. The lowest BCUT2D eigenvalue weighted by atomic mass is 10.1. The average Bonchev–Trinajstić information content (AvgIpc) is 2.61. The van der Waals surface area contributed by atoms with E-state index < -0.39 is 0 Å². The summed E-state index contributed by atoms with van der Waals surface area (Å²) < 4.78 is 5.19. The fourth-order valence-electron chi connectivity index (χ4n) is 3.21. The van der Waals surface area contributed by atoms with Crippen molar-refractivity contribution in [3.63, 3.8) is 0 Å². The van der Waals surface area contributed by atoms with Gasteiger partial charge in [-0.2, -0.15) is 0 Å². The van der Waals surface area contributed by atoms with E-state index in [2.05, 4.69) is 16.8 Å². The van der Waals surface area contributed by atoms with Crippen LogP contribution >= 0.6 is 0 Å². The van der Waals surface area contributed by atoms with Gasteiger partial charge in [-0.05, 0) is 24.4 Å². The van der Waals surface area contributed by atoms with Gasteiger partial charge in [0, 0.05) is 44.7 Å². The van der Waals surface area contributed by atoms with E-state index in [1.807, 2.05) is 18.2 Å². The minimum atomic E-state index is -0.219. The molecule has 1 aromatic carbocycles. The minimum absolute atomic E-state index is 0.114. The summed E-state index contributed by atoms with van der Waals surface area (Å²) in [6.07, 6.45) is 0. The Kier molecular flexibility index (Phi) is 4.97. The molecule has 0 aliphatic carbocycles. The maximum Gasteiger partial charge on any atom is 0.270 e. The van der Waals surface area contributed by atoms with Crippen molar-refractivity contribution in [2.24, 2.45) is 0 Å². The molecule has 128 valence electrons. The zero-order valence-corrected chi connectivity index (χ0v) is 14.1. The van der Waals surface area contributed by atoms with E-state index in [1.165, 1.54) is 0 Å². The van der Waals surface area contributed by atoms with Crippen LogP contribution in [-0.2, 0) is 4.74 Å². The second-order valence-corrected chi connectivity index (χ2v) is 6.23. The van der Waals surface area contributed by atoms with Crippen molar-refractivity contribution >= 4 is 16.7 Å². The Morgan fingerprint density at radius 2 is 1.96 bits per heavy atom. The van der Waals surface area contributed by atoms with Gasteiger partial charge in [0.25, 0.3) is 11.5 Å². The monoisotopic (exact) mass is 329 g/mol. The van der Waals surface area contributed by atoms with Gasteiger partial charge in [-0.3, -0.25) is 14.5 Å². The third kappa shape index (κ3) is 3.34. The minimum Gasteiger partial charge on any atom is -0.383 e. The standard InChI is InChI=1S/C18H23N3O3/c1-13(12-24-2)20-7-9-21(10-8-20)18(23)16-11-14-5-3-4-6-15(14)17(22)19-16/h3-6,11,13H,7-10,12H2,1-2H3,(H,19,22)/t13-/m1/s1. The first kappa shape index (κ1) is 16.7. The Morgan fingerprint density at radius 1 is 1.25 bits per heavy atom. The molecule has 3 rings (SSSR count). The van der Waals surface area contributed by atoms with E-state index in [-0.39, 0.29) is 11.5 Å². The number of hydrogen-bond donors (Lipinski definition) is 1. The number of nitrogens with one attached hydrogen (secondary N) is 1. The molecule has 0 saturated carbocycles. The average molecular weight is 329 g/mol. The summed E-state index contributed by atoms with van der Waals surface area (Å²) in [6.45, 7) is 5.75. The van der Waals surface area contributed by atoms with Gasteiger partial charge in [-0.25, -0.2) is 0 Å². The first-order valence-electron chi connectivity index (χ1n) is 8.24. The zero-order chi connectivity index (χ0) is 17.1. The Labute approximate surface area is 141 Å². The van der Waals surface area contributed by atoms with Crippen LogP contribution in [0.4, 0.5) is 0 Å². The van der Waals surface area contributed by atoms with E-state index >= 15 is 0 Å². The number of aromatic amines is 1. The number of amides is 1. The number of pyridine rings is 1. The summed E-state index contributed by atoms with van der Waals surface area (Å²) in [6, 6.07) is 9.40. The number of nitrogens with zero attached hydrogens (tertiary/aromatic N) is 2. The summed E-state index contributed by atoms with van der Waals surface area (Å²) in [5.74, 6) is -0.114. The maximum absolute atomic E-state index is 12.7. The topological polar surface area (TPSA) is 65.6 Å². The van der Waals surface area contributed by atoms with Crippen LogP contribution in [-0.4, -0.2) is 66.6 Å². The summed E-state index contributed by atoms with van der Waals surface area (Å²) >= 11 is 0. The largest absolute Gasteiger partial charge is 0.383 e. The highest BCUT2D eigenvalue weighted by Crippen LogP contribution is 2.13. The van der Waals surface area contributed by atoms with Gasteiger partial charge in [-0.1, -0.05) is 18.2 Å². The van der Waals surface area contributed by atoms with Crippen molar-refractivity contribution < 1.29 is 9.53 Å². The van der Waals surface area contributed by atoms with Gasteiger partial charge in [0.1, 0.15) is 5.69 Å². The fourth-order valence-corrected chi connectivity index (χ4v) is 3.21. The predicted octanol–water partition coefficient (Wildman–Crippen LogP) is 1.32. The molecule has 0 unspecified atom stereocenters. The number of fused-ring (bicyclic) bond motifs is 1. The van der Waals surface area contributed by atoms with Crippen LogP contribution in [0.1, 0.15) is 17.4 Å². The fraction of sp³-hybridized carbons (Fsp3) is 0.444. The van der Waals surface area contributed by atoms with E-state index in [0.29, 0.717) is 36.8 Å². The summed E-state index contributed by atoms with van der Waals surface area (Å²) in [7, 11) is 1.70. The molecular formula is C18H23N3O3. The van der Waals surface area contributed by atoms with Crippen LogP contribution in [0.3, 0.4) is 0 Å². The molecule has 1 aliphatic rings. The lowest BCUT2D eigenvalue weighted by molar-refractivity contribution is 0.0445. The van der Waals surface area contributed by atoms with Crippen LogP contribution in [0.25, 0.3) is 10.8 Å². The van der Waals surface area contributed by atoms with Gasteiger partial charge in [-0.15, -0.1) is 0 Å². The van der Waals surface area contributed by atoms with E-state index in [1.54, 1.807) is 24.1 Å². The third-order valence-electron chi connectivity index (χ3n) is 4.62.